The highest BCUT2D eigenvalue weighted by molar-refractivity contribution is 5.86. The predicted octanol–water partition coefficient (Wildman–Crippen LogP) is 7.71. The Morgan fingerprint density at radius 2 is 1.12 bits per heavy atom. The van der Waals surface area contributed by atoms with Gasteiger partial charge in [-0.05, 0) is 61.7 Å². The van der Waals surface area contributed by atoms with E-state index in [1.54, 1.807) is 0 Å². The Hall–Kier alpha value is -3.78. The van der Waals surface area contributed by atoms with E-state index in [1.807, 2.05) is 0 Å². The number of fused-ring (bicyclic) bond motifs is 1. The molecule has 0 bridgehead atoms. The van der Waals surface area contributed by atoms with Crippen molar-refractivity contribution < 1.29 is 0 Å². The molecule has 5 aromatic rings. The third-order valence-corrected chi connectivity index (χ3v) is 6.18. The van der Waals surface area contributed by atoms with Gasteiger partial charge in [0.2, 0.25) is 0 Å². The number of hydrogen-bond acceptors (Lipinski definition) is 2. The average Bonchev–Trinajstić information content (AvgIpc) is 2.77. The van der Waals surface area contributed by atoms with Crippen LogP contribution >= 0.6 is 0 Å². The van der Waals surface area contributed by atoms with Gasteiger partial charge in [0.05, 0.1) is 5.69 Å². The maximum Gasteiger partial charge on any atom is 0.133 e. The van der Waals surface area contributed by atoms with Gasteiger partial charge in [-0.3, -0.25) is 0 Å². The topological polar surface area (TPSA) is 25.8 Å². The lowest BCUT2D eigenvalue weighted by Gasteiger charge is -2.11. The summed E-state index contributed by atoms with van der Waals surface area (Å²) in [6.07, 6.45) is 1.52. The van der Waals surface area contributed by atoms with Gasteiger partial charge in [-0.1, -0.05) is 95.1 Å². The van der Waals surface area contributed by atoms with E-state index < -0.39 is 0 Å². The molecule has 2 nitrogen and oxygen atoms in total. The van der Waals surface area contributed by atoms with Crippen LogP contribution in [-0.2, 0) is 12.8 Å². The minimum Gasteiger partial charge on any atom is -0.237 e. The minimum absolute atomic E-state index is 0.726. The lowest BCUT2D eigenvalue weighted by Crippen LogP contribution is -2.04. The largest absolute Gasteiger partial charge is 0.237 e. The van der Waals surface area contributed by atoms with E-state index in [9.17, 15) is 0 Å². The highest BCUT2D eigenvalue weighted by Crippen LogP contribution is 2.25. The molecule has 0 unspecified atom stereocenters. The van der Waals surface area contributed by atoms with Gasteiger partial charge in [0.1, 0.15) is 5.82 Å². The Kier molecular flexibility index (Phi) is 5.98. The molecule has 0 radical (unpaired) electrons. The second-order valence-electron chi connectivity index (χ2n) is 9.57. The number of aromatic nitrogens is 2. The molecular weight excluding hydrogens is 412 g/mol. The summed E-state index contributed by atoms with van der Waals surface area (Å²) in [5.41, 5.74) is 10.8. The van der Waals surface area contributed by atoms with Crippen molar-refractivity contribution in [2.24, 2.45) is 0 Å². The third-order valence-electron chi connectivity index (χ3n) is 6.18. The lowest BCUT2D eigenvalue weighted by molar-refractivity contribution is 0.919. The Labute approximate surface area is 202 Å². The number of benzene rings is 4. The maximum absolute atomic E-state index is 5.03. The molecule has 2 heteroatoms. The van der Waals surface area contributed by atoms with Gasteiger partial charge in [-0.2, -0.15) is 0 Å². The molecule has 168 valence electrons. The average molecular weight is 443 g/mol. The van der Waals surface area contributed by atoms with Gasteiger partial charge < -0.3 is 0 Å². The Morgan fingerprint density at radius 1 is 0.529 bits per heavy atom. The fourth-order valence-electron chi connectivity index (χ4n) is 4.95. The molecule has 0 aliphatic carbocycles. The summed E-state index contributed by atoms with van der Waals surface area (Å²) >= 11 is 0. The molecule has 4 aromatic carbocycles. The SMILES string of the molecule is Cc1cc(C)cc(Cc2cc(-c3ccc4ccccc4c3)nc(Cc3cc(C)cc(C)c3)n2)c1. The summed E-state index contributed by atoms with van der Waals surface area (Å²) in [4.78, 5) is 10.1. The van der Waals surface area contributed by atoms with E-state index in [-0.39, 0.29) is 0 Å². The van der Waals surface area contributed by atoms with Crippen molar-refractivity contribution in [1.82, 2.24) is 9.97 Å². The molecule has 0 aliphatic heterocycles. The standard InChI is InChI=1S/C32H30N2/c1-21-11-22(2)14-25(13-21)17-30-20-31(29-10-9-27-7-5-6-8-28(27)19-29)34-32(33-30)18-26-15-23(3)12-24(4)16-26/h5-16,19-20H,17-18H2,1-4H3. The smallest absolute Gasteiger partial charge is 0.133 e. The van der Waals surface area contributed by atoms with Crippen LogP contribution in [0.5, 0.6) is 0 Å². The van der Waals surface area contributed by atoms with Gasteiger partial charge in [0, 0.05) is 24.1 Å². The van der Waals surface area contributed by atoms with Crippen LogP contribution in [0.2, 0.25) is 0 Å². The molecule has 34 heavy (non-hydrogen) atoms. The Morgan fingerprint density at radius 3 is 1.76 bits per heavy atom. The molecular formula is C32H30N2. The molecule has 0 saturated carbocycles. The van der Waals surface area contributed by atoms with E-state index in [2.05, 4.69) is 113 Å². The van der Waals surface area contributed by atoms with Crippen molar-refractivity contribution in [2.45, 2.75) is 40.5 Å². The van der Waals surface area contributed by atoms with Gasteiger partial charge >= 0.3 is 0 Å². The van der Waals surface area contributed by atoms with Crippen LogP contribution in [0, 0.1) is 27.7 Å². The first-order valence-corrected chi connectivity index (χ1v) is 11.9. The van der Waals surface area contributed by atoms with Crippen molar-refractivity contribution in [3.63, 3.8) is 0 Å². The first-order chi connectivity index (χ1) is 16.4. The molecule has 0 atom stereocenters. The summed E-state index contributed by atoms with van der Waals surface area (Å²) in [5, 5.41) is 2.47. The van der Waals surface area contributed by atoms with Crippen LogP contribution in [0.15, 0.2) is 84.9 Å². The number of hydrogen-bond donors (Lipinski definition) is 0. The minimum atomic E-state index is 0.726. The fraction of sp³-hybridized carbons (Fsp3) is 0.188. The zero-order valence-electron chi connectivity index (χ0n) is 20.4. The summed E-state index contributed by atoms with van der Waals surface area (Å²) in [5.74, 6) is 0.870. The molecule has 1 heterocycles. The van der Waals surface area contributed by atoms with Crippen molar-refractivity contribution in [3.05, 3.63) is 130 Å². The summed E-state index contributed by atoms with van der Waals surface area (Å²) in [6.45, 7) is 8.60. The molecule has 0 N–H and O–H groups in total. The van der Waals surface area contributed by atoms with Crippen LogP contribution in [0.4, 0.5) is 0 Å². The normalized spacial score (nSPS) is 11.2. The lowest BCUT2D eigenvalue weighted by atomic mass is 10.0. The van der Waals surface area contributed by atoms with E-state index in [0.29, 0.717) is 0 Å². The first-order valence-electron chi connectivity index (χ1n) is 11.9. The van der Waals surface area contributed by atoms with Crippen LogP contribution < -0.4 is 0 Å². The summed E-state index contributed by atoms with van der Waals surface area (Å²) in [7, 11) is 0. The van der Waals surface area contributed by atoms with Crippen molar-refractivity contribution in [2.75, 3.05) is 0 Å². The van der Waals surface area contributed by atoms with Gasteiger partial charge in [0.15, 0.2) is 0 Å². The molecule has 0 amide bonds. The number of nitrogens with zero attached hydrogens (tertiary/aromatic N) is 2. The highest BCUT2D eigenvalue weighted by Gasteiger charge is 2.11. The van der Waals surface area contributed by atoms with Gasteiger partial charge in [-0.15, -0.1) is 0 Å². The second kappa shape index (κ2) is 9.23. The third kappa shape index (κ3) is 5.07. The Balaban J connectivity index is 1.58. The molecule has 1 aromatic heterocycles. The zero-order valence-corrected chi connectivity index (χ0v) is 20.4. The Bertz CT molecular complexity index is 1380. The number of aryl methyl sites for hydroxylation is 4. The van der Waals surface area contributed by atoms with Crippen LogP contribution in [0.25, 0.3) is 22.0 Å². The molecule has 0 fully saturated rings. The highest BCUT2D eigenvalue weighted by atomic mass is 14.9. The van der Waals surface area contributed by atoms with E-state index in [0.717, 1.165) is 35.6 Å². The molecule has 0 aliphatic rings. The summed E-state index contributed by atoms with van der Waals surface area (Å²) < 4.78 is 0. The van der Waals surface area contributed by atoms with Crippen molar-refractivity contribution >= 4 is 10.8 Å². The quantitative estimate of drug-likeness (QED) is 0.278. The van der Waals surface area contributed by atoms with Crippen LogP contribution in [-0.4, -0.2) is 9.97 Å². The molecule has 0 saturated heterocycles. The van der Waals surface area contributed by atoms with Gasteiger partial charge in [0.25, 0.3) is 0 Å². The second-order valence-corrected chi connectivity index (χ2v) is 9.57. The van der Waals surface area contributed by atoms with E-state index in [4.69, 9.17) is 9.97 Å². The van der Waals surface area contributed by atoms with Crippen LogP contribution in [0.1, 0.15) is 44.9 Å². The molecule has 0 spiro atoms. The number of rotatable bonds is 5. The molecule has 5 rings (SSSR count). The van der Waals surface area contributed by atoms with Gasteiger partial charge in [-0.25, -0.2) is 9.97 Å². The predicted molar refractivity (Wildman–Crippen MR) is 142 cm³/mol. The fourth-order valence-corrected chi connectivity index (χ4v) is 4.95. The maximum atomic E-state index is 5.03. The van der Waals surface area contributed by atoms with Crippen LogP contribution in [0.3, 0.4) is 0 Å². The van der Waals surface area contributed by atoms with Crippen molar-refractivity contribution in [1.29, 1.82) is 0 Å². The first kappa shape index (κ1) is 22.0. The van der Waals surface area contributed by atoms with E-state index >= 15 is 0 Å². The zero-order chi connectivity index (χ0) is 23.7. The van der Waals surface area contributed by atoms with E-state index in [1.165, 1.54) is 44.2 Å². The van der Waals surface area contributed by atoms with Crippen molar-refractivity contribution in [3.8, 4) is 11.3 Å². The monoisotopic (exact) mass is 442 g/mol. The summed E-state index contributed by atoms with van der Waals surface area (Å²) in [6, 6.07) is 30.6.